The van der Waals surface area contributed by atoms with Gasteiger partial charge in [0, 0.05) is 11.3 Å². The molecule has 162 valence electrons. The number of nitrogens with zero attached hydrogens (tertiary/aromatic N) is 1. The van der Waals surface area contributed by atoms with Gasteiger partial charge < -0.3 is 14.5 Å². The number of hydrogen-bond donors (Lipinski definition) is 1. The first-order valence-electron chi connectivity index (χ1n) is 10.1. The molecule has 4 rings (SSSR count). The molecule has 0 fully saturated rings. The summed E-state index contributed by atoms with van der Waals surface area (Å²) in [5.41, 5.74) is 3.89. The Kier molecular flexibility index (Phi) is 5.89. The Labute approximate surface area is 184 Å². The first-order valence-corrected chi connectivity index (χ1v) is 10.1. The maximum Gasteiger partial charge on any atom is 0.420 e. The van der Waals surface area contributed by atoms with Crippen LogP contribution in [-0.2, 0) is 20.9 Å². The van der Waals surface area contributed by atoms with E-state index in [4.69, 9.17) is 9.15 Å². The molecule has 1 atom stereocenters. The summed E-state index contributed by atoms with van der Waals surface area (Å²) >= 11 is 0. The van der Waals surface area contributed by atoms with E-state index >= 15 is 0 Å². The minimum absolute atomic E-state index is 0.373. The fraction of sp³-hybridized carbons (Fsp3) is 0.160. The Hall–Kier alpha value is -4.13. The van der Waals surface area contributed by atoms with Gasteiger partial charge >= 0.3 is 11.7 Å². The summed E-state index contributed by atoms with van der Waals surface area (Å²) in [6.07, 6.45) is -1.18. The molecule has 0 radical (unpaired) electrons. The van der Waals surface area contributed by atoms with Crippen LogP contribution in [0.15, 0.2) is 82.0 Å². The zero-order valence-electron chi connectivity index (χ0n) is 17.7. The van der Waals surface area contributed by atoms with Gasteiger partial charge in [-0.3, -0.25) is 14.2 Å². The van der Waals surface area contributed by atoms with Gasteiger partial charge in [0.15, 0.2) is 5.58 Å². The molecule has 0 saturated carbocycles. The standard InChI is InChI=1S/C25H22N2O5/c1-16-12-13-17(2)19(14-16)26-24(29)23(18-8-4-3-5-9-18)32-22(28)15-27-20-10-6-7-11-21(20)31-25(27)30/h3-14,23H,15H2,1-2H3,(H,26,29). The van der Waals surface area contributed by atoms with Crippen molar-refractivity contribution in [2.24, 2.45) is 0 Å². The molecule has 3 aromatic carbocycles. The average Bonchev–Trinajstić information content (AvgIpc) is 3.10. The van der Waals surface area contributed by atoms with E-state index in [2.05, 4.69) is 5.32 Å². The molecule has 1 aromatic heterocycles. The highest BCUT2D eigenvalue weighted by Gasteiger charge is 2.26. The summed E-state index contributed by atoms with van der Waals surface area (Å²) in [7, 11) is 0. The Morgan fingerprint density at radius 2 is 1.72 bits per heavy atom. The number of anilines is 1. The van der Waals surface area contributed by atoms with Crippen molar-refractivity contribution < 1.29 is 18.7 Å². The van der Waals surface area contributed by atoms with Gasteiger partial charge in [-0.15, -0.1) is 0 Å². The number of carbonyl (C=O) groups is 2. The van der Waals surface area contributed by atoms with Crippen molar-refractivity contribution in [2.75, 3.05) is 5.32 Å². The molecule has 1 heterocycles. The Morgan fingerprint density at radius 3 is 2.50 bits per heavy atom. The van der Waals surface area contributed by atoms with E-state index in [1.54, 1.807) is 48.5 Å². The first-order chi connectivity index (χ1) is 15.4. The number of nitrogens with one attached hydrogen (secondary N) is 1. The van der Waals surface area contributed by atoms with E-state index in [-0.39, 0.29) is 6.54 Å². The number of amides is 1. The topological polar surface area (TPSA) is 90.5 Å². The number of esters is 1. The summed E-state index contributed by atoms with van der Waals surface area (Å²) in [6.45, 7) is 3.43. The van der Waals surface area contributed by atoms with Crippen molar-refractivity contribution in [3.8, 4) is 0 Å². The smallest absolute Gasteiger partial charge is 0.420 e. The molecule has 0 spiro atoms. The van der Waals surface area contributed by atoms with Gasteiger partial charge in [-0.2, -0.15) is 0 Å². The van der Waals surface area contributed by atoms with Crippen LogP contribution in [0.25, 0.3) is 11.1 Å². The number of oxazole rings is 1. The zero-order valence-corrected chi connectivity index (χ0v) is 17.7. The minimum Gasteiger partial charge on any atom is -0.446 e. The molecule has 4 aromatic rings. The van der Waals surface area contributed by atoms with Crippen LogP contribution in [0, 0.1) is 13.8 Å². The van der Waals surface area contributed by atoms with Gasteiger partial charge in [-0.1, -0.05) is 54.6 Å². The van der Waals surface area contributed by atoms with Crippen molar-refractivity contribution in [1.29, 1.82) is 0 Å². The normalized spacial score (nSPS) is 11.8. The number of carbonyl (C=O) groups excluding carboxylic acids is 2. The molecule has 7 nitrogen and oxygen atoms in total. The number of hydrogen-bond acceptors (Lipinski definition) is 5. The van der Waals surface area contributed by atoms with Crippen LogP contribution in [0.3, 0.4) is 0 Å². The quantitative estimate of drug-likeness (QED) is 0.465. The van der Waals surface area contributed by atoms with E-state index in [0.29, 0.717) is 22.4 Å². The van der Waals surface area contributed by atoms with Crippen LogP contribution in [0.1, 0.15) is 22.8 Å². The molecule has 0 aliphatic carbocycles. The third kappa shape index (κ3) is 4.46. The van der Waals surface area contributed by atoms with E-state index in [1.807, 2.05) is 38.1 Å². The van der Waals surface area contributed by atoms with E-state index in [1.165, 1.54) is 4.57 Å². The number of rotatable bonds is 6. The van der Waals surface area contributed by atoms with Crippen molar-refractivity contribution in [3.05, 3.63) is 100 Å². The molecule has 0 saturated heterocycles. The molecule has 1 unspecified atom stereocenters. The number of para-hydroxylation sites is 2. The first kappa shape index (κ1) is 21.1. The molecule has 7 heteroatoms. The van der Waals surface area contributed by atoms with Gasteiger partial charge in [0.1, 0.15) is 6.54 Å². The zero-order chi connectivity index (χ0) is 22.7. The monoisotopic (exact) mass is 430 g/mol. The fourth-order valence-corrected chi connectivity index (χ4v) is 3.43. The Morgan fingerprint density at radius 1 is 1.00 bits per heavy atom. The van der Waals surface area contributed by atoms with Gasteiger partial charge in [0.05, 0.1) is 5.52 Å². The average molecular weight is 430 g/mol. The maximum atomic E-state index is 13.1. The lowest BCUT2D eigenvalue weighted by Crippen LogP contribution is -2.29. The molecule has 1 N–H and O–H groups in total. The van der Waals surface area contributed by atoms with Gasteiger partial charge in [-0.25, -0.2) is 4.79 Å². The lowest BCUT2D eigenvalue weighted by Gasteiger charge is -2.19. The highest BCUT2D eigenvalue weighted by molar-refractivity contribution is 5.96. The summed E-state index contributed by atoms with van der Waals surface area (Å²) in [5, 5.41) is 2.85. The summed E-state index contributed by atoms with van der Waals surface area (Å²) in [6, 6.07) is 21.2. The fourth-order valence-electron chi connectivity index (χ4n) is 3.43. The SMILES string of the molecule is Cc1ccc(C)c(NC(=O)C(OC(=O)Cn2c(=O)oc3ccccc32)c2ccccc2)c1. The van der Waals surface area contributed by atoms with Crippen LogP contribution >= 0.6 is 0 Å². The predicted octanol–water partition coefficient (Wildman–Crippen LogP) is 4.13. The van der Waals surface area contributed by atoms with Crippen molar-refractivity contribution in [3.63, 3.8) is 0 Å². The summed E-state index contributed by atoms with van der Waals surface area (Å²) in [4.78, 5) is 38.1. The van der Waals surface area contributed by atoms with Crippen LogP contribution in [-0.4, -0.2) is 16.4 Å². The molecule has 1 amide bonds. The largest absolute Gasteiger partial charge is 0.446 e. The molecule has 32 heavy (non-hydrogen) atoms. The van der Waals surface area contributed by atoms with E-state index in [0.717, 1.165) is 11.1 Å². The highest BCUT2D eigenvalue weighted by Crippen LogP contribution is 2.23. The second-order valence-corrected chi connectivity index (χ2v) is 7.51. The summed E-state index contributed by atoms with van der Waals surface area (Å²) in [5.74, 6) is -1.88. The highest BCUT2D eigenvalue weighted by atomic mass is 16.5. The van der Waals surface area contributed by atoms with Crippen LogP contribution in [0.4, 0.5) is 5.69 Å². The molecule has 0 aliphatic rings. The number of benzene rings is 3. The lowest BCUT2D eigenvalue weighted by molar-refractivity contribution is -0.155. The van der Waals surface area contributed by atoms with Gasteiger partial charge in [-0.05, 0) is 43.2 Å². The van der Waals surface area contributed by atoms with E-state index < -0.39 is 23.7 Å². The second-order valence-electron chi connectivity index (χ2n) is 7.51. The Bertz CT molecular complexity index is 1340. The van der Waals surface area contributed by atoms with Crippen molar-refractivity contribution in [1.82, 2.24) is 4.57 Å². The number of ether oxygens (including phenoxy) is 1. The van der Waals surface area contributed by atoms with Crippen LogP contribution in [0.2, 0.25) is 0 Å². The maximum absolute atomic E-state index is 13.1. The summed E-state index contributed by atoms with van der Waals surface area (Å²) < 4.78 is 11.9. The molecular formula is C25H22N2O5. The lowest BCUT2D eigenvalue weighted by atomic mass is 10.1. The minimum atomic E-state index is -1.18. The molecule has 0 bridgehead atoms. The third-order valence-electron chi connectivity index (χ3n) is 5.10. The number of fused-ring (bicyclic) bond motifs is 1. The van der Waals surface area contributed by atoms with Crippen molar-refractivity contribution >= 4 is 28.7 Å². The van der Waals surface area contributed by atoms with E-state index in [9.17, 15) is 14.4 Å². The Balaban J connectivity index is 1.59. The number of aryl methyl sites for hydroxylation is 2. The van der Waals surface area contributed by atoms with Gasteiger partial charge in [0.25, 0.3) is 5.91 Å². The van der Waals surface area contributed by atoms with Crippen molar-refractivity contribution in [2.45, 2.75) is 26.5 Å². The van der Waals surface area contributed by atoms with Crippen LogP contribution in [0.5, 0.6) is 0 Å². The number of aromatic nitrogens is 1. The molecule has 0 aliphatic heterocycles. The second kappa shape index (κ2) is 8.93. The molecular weight excluding hydrogens is 408 g/mol. The van der Waals surface area contributed by atoms with Gasteiger partial charge in [0.2, 0.25) is 6.10 Å². The van der Waals surface area contributed by atoms with Crippen LogP contribution < -0.4 is 11.1 Å². The predicted molar refractivity (Wildman–Crippen MR) is 120 cm³/mol. The third-order valence-corrected chi connectivity index (χ3v) is 5.10.